The summed E-state index contributed by atoms with van der Waals surface area (Å²) in [5, 5.41) is 9.27. The monoisotopic (exact) mass is 344 g/mol. The molecule has 0 radical (unpaired) electrons. The number of hydrogen-bond acceptors (Lipinski definition) is 4. The molecule has 1 aliphatic rings. The van der Waals surface area contributed by atoms with Gasteiger partial charge in [-0.3, -0.25) is 0 Å². The number of carbonyl (C=O) groups excluding carboxylic acids is 1. The third-order valence-corrected chi connectivity index (χ3v) is 5.07. The lowest BCUT2D eigenvalue weighted by Gasteiger charge is -2.31. The predicted molar refractivity (Wildman–Crippen MR) is 91.6 cm³/mol. The first kappa shape index (κ1) is 17.6. The van der Waals surface area contributed by atoms with Gasteiger partial charge in [-0.15, -0.1) is 11.3 Å². The van der Waals surface area contributed by atoms with Gasteiger partial charge in [0.2, 0.25) is 0 Å². The summed E-state index contributed by atoms with van der Waals surface area (Å²) in [6, 6.07) is 1.99. The van der Waals surface area contributed by atoms with Crippen molar-refractivity contribution < 1.29 is 9.53 Å². The molecule has 6 heteroatoms. The fraction of sp³-hybridized carbons (Fsp3) is 0.688. The molecule has 22 heavy (non-hydrogen) atoms. The van der Waals surface area contributed by atoms with Crippen LogP contribution in [0.1, 0.15) is 51.3 Å². The molecule has 2 N–H and O–H groups in total. The van der Waals surface area contributed by atoms with Crippen molar-refractivity contribution in [1.29, 1.82) is 0 Å². The molecular weight excluding hydrogens is 320 g/mol. The Hall–Kier alpha value is -0.780. The lowest BCUT2D eigenvalue weighted by atomic mass is 9.97. The number of nitrogens with one attached hydrogen (secondary N) is 2. The van der Waals surface area contributed by atoms with Crippen LogP contribution in [-0.2, 0) is 11.3 Å². The number of amides is 1. The number of thiophene rings is 1. The molecule has 124 valence electrons. The van der Waals surface area contributed by atoms with Crippen LogP contribution in [0.2, 0.25) is 5.02 Å². The molecule has 0 spiro atoms. The molecule has 1 saturated carbocycles. The first-order chi connectivity index (χ1) is 10.3. The van der Waals surface area contributed by atoms with Crippen molar-refractivity contribution in [2.45, 2.75) is 64.1 Å². The average molecular weight is 345 g/mol. The zero-order valence-electron chi connectivity index (χ0n) is 13.5. The Morgan fingerprint density at radius 2 is 2.09 bits per heavy atom. The highest BCUT2D eigenvalue weighted by Crippen LogP contribution is 2.30. The minimum atomic E-state index is -0.464. The standard InChI is InChI=1S/C16H25ClN2O2S/c1-15(2,3)21-14(20)18-11-16(6-4-5-7-16)19-9-13-8-12(17)10-22-13/h8,10,19H,4-7,9,11H2,1-3H3,(H,18,20). The third-order valence-electron chi connectivity index (χ3n) is 3.79. The second kappa shape index (κ2) is 7.20. The van der Waals surface area contributed by atoms with Gasteiger partial charge < -0.3 is 15.4 Å². The van der Waals surface area contributed by atoms with E-state index in [2.05, 4.69) is 10.6 Å². The van der Waals surface area contributed by atoms with Gasteiger partial charge in [0.05, 0.1) is 5.02 Å². The van der Waals surface area contributed by atoms with E-state index in [0.717, 1.165) is 24.4 Å². The molecule has 1 fully saturated rings. The lowest BCUT2D eigenvalue weighted by Crippen LogP contribution is -2.51. The molecule has 1 aromatic heterocycles. The molecule has 0 aromatic carbocycles. The Labute approximate surface area is 141 Å². The van der Waals surface area contributed by atoms with Crippen LogP contribution >= 0.6 is 22.9 Å². The number of alkyl carbamates (subject to hydrolysis) is 1. The van der Waals surface area contributed by atoms with Crippen LogP contribution < -0.4 is 10.6 Å². The summed E-state index contributed by atoms with van der Waals surface area (Å²) < 4.78 is 5.32. The normalized spacial score (nSPS) is 17.5. The van der Waals surface area contributed by atoms with E-state index in [4.69, 9.17) is 16.3 Å². The van der Waals surface area contributed by atoms with Crippen LogP contribution in [0.5, 0.6) is 0 Å². The Morgan fingerprint density at radius 3 is 2.64 bits per heavy atom. The zero-order valence-corrected chi connectivity index (χ0v) is 15.1. The van der Waals surface area contributed by atoms with Gasteiger partial charge in [0, 0.05) is 28.9 Å². The van der Waals surface area contributed by atoms with Crippen LogP contribution in [0.15, 0.2) is 11.4 Å². The molecule has 2 rings (SSSR count). The first-order valence-corrected chi connectivity index (χ1v) is 8.99. The van der Waals surface area contributed by atoms with Gasteiger partial charge in [0.25, 0.3) is 0 Å². The van der Waals surface area contributed by atoms with Crippen LogP contribution in [0.3, 0.4) is 0 Å². The zero-order chi connectivity index (χ0) is 16.2. The molecule has 1 amide bonds. The molecule has 1 aliphatic carbocycles. The summed E-state index contributed by atoms with van der Waals surface area (Å²) in [6.07, 6.45) is 4.17. The fourth-order valence-electron chi connectivity index (χ4n) is 2.74. The van der Waals surface area contributed by atoms with Crippen molar-refractivity contribution in [3.63, 3.8) is 0 Å². The second-order valence-electron chi connectivity index (χ2n) is 6.93. The van der Waals surface area contributed by atoms with Gasteiger partial charge in [-0.25, -0.2) is 4.79 Å². The van der Waals surface area contributed by atoms with E-state index >= 15 is 0 Å². The van der Waals surface area contributed by atoms with Gasteiger partial charge >= 0.3 is 6.09 Å². The summed E-state index contributed by atoms with van der Waals surface area (Å²) >= 11 is 7.62. The van der Waals surface area contributed by atoms with Crippen LogP contribution in [-0.4, -0.2) is 23.8 Å². The Bertz CT molecular complexity index is 504. The summed E-state index contributed by atoms with van der Waals surface area (Å²) in [6.45, 7) is 7.00. The maximum absolute atomic E-state index is 11.9. The molecule has 0 atom stereocenters. The van der Waals surface area contributed by atoms with Crippen molar-refractivity contribution in [2.24, 2.45) is 0 Å². The lowest BCUT2D eigenvalue weighted by molar-refractivity contribution is 0.0509. The van der Waals surface area contributed by atoms with Crippen molar-refractivity contribution in [2.75, 3.05) is 6.54 Å². The third kappa shape index (κ3) is 5.45. The van der Waals surface area contributed by atoms with E-state index in [1.165, 1.54) is 17.7 Å². The van der Waals surface area contributed by atoms with Crippen molar-refractivity contribution >= 4 is 29.0 Å². The maximum atomic E-state index is 11.9. The Morgan fingerprint density at radius 1 is 1.41 bits per heavy atom. The molecule has 1 aromatic rings. The highest BCUT2D eigenvalue weighted by molar-refractivity contribution is 7.10. The minimum absolute atomic E-state index is 0.0344. The molecule has 0 bridgehead atoms. The van der Waals surface area contributed by atoms with E-state index in [-0.39, 0.29) is 11.6 Å². The predicted octanol–water partition coefficient (Wildman–Crippen LogP) is 4.33. The SMILES string of the molecule is CC(C)(C)OC(=O)NCC1(NCc2cc(Cl)cs2)CCCC1. The molecule has 0 saturated heterocycles. The van der Waals surface area contributed by atoms with E-state index in [9.17, 15) is 4.79 Å². The number of rotatable bonds is 5. The van der Waals surface area contributed by atoms with Gasteiger partial charge in [0.1, 0.15) is 5.60 Å². The summed E-state index contributed by atoms with van der Waals surface area (Å²) in [5.41, 5.74) is -0.499. The summed E-state index contributed by atoms with van der Waals surface area (Å²) in [4.78, 5) is 13.1. The van der Waals surface area contributed by atoms with E-state index in [1.54, 1.807) is 11.3 Å². The fourth-order valence-corrected chi connectivity index (χ4v) is 3.76. The highest BCUT2D eigenvalue weighted by Gasteiger charge is 2.34. The van der Waals surface area contributed by atoms with E-state index in [0.29, 0.717) is 6.54 Å². The Kier molecular flexibility index (Phi) is 5.75. The van der Waals surface area contributed by atoms with Gasteiger partial charge in [-0.1, -0.05) is 24.4 Å². The maximum Gasteiger partial charge on any atom is 0.407 e. The molecule has 0 unspecified atom stereocenters. The molecule has 1 heterocycles. The van der Waals surface area contributed by atoms with Crippen molar-refractivity contribution in [3.8, 4) is 0 Å². The highest BCUT2D eigenvalue weighted by atomic mass is 35.5. The topological polar surface area (TPSA) is 50.4 Å². The number of halogens is 1. The first-order valence-electron chi connectivity index (χ1n) is 7.73. The number of ether oxygens (including phenoxy) is 1. The van der Waals surface area contributed by atoms with E-state index < -0.39 is 5.60 Å². The smallest absolute Gasteiger partial charge is 0.407 e. The van der Waals surface area contributed by atoms with Crippen molar-refractivity contribution in [1.82, 2.24) is 10.6 Å². The van der Waals surface area contributed by atoms with Crippen LogP contribution in [0.4, 0.5) is 4.79 Å². The molecule has 4 nitrogen and oxygen atoms in total. The number of carbonyl (C=O) groups is 1. The molecule has 0 aliphatic heterocycles. The van der Waals surface area contributed by atoms with Crippen LogP contribution in [0.25, 0.3) is 0 Å². The number of hydrogen-bond donors (Lipinski definition) is 2. The molecular formula is C16H25ClN2O2S. The quantitative estimate of drug-likeness (QED) is 0.835. The van der Waals surface area contributed by atoms with Gasteiger partial charge in [-0.05, 0) is 39.7 Å². The van der Waals surface area contributed by atoms with Crippen molar-refractivity contribution in [3.05, 3.63) is 21.3 Å². The van der Waals surface area contributed by atoms with E-state index in [1.807, 2.05) is 32.2 Å². The second-order valence-corrected chi connectivity index (χ2v) is 8.36. The minimum Gasteiger partial charge on any atom is -0.444 e. The average Bonchev–Trinajstić information content (AvgIpc) is 3.02. The summed E-state index contributed by atoms with van der Waals surface area (Å²) in [7, 11) is 0. The largest absolute Gasteiger partial charge is 0.444 e. The summed E-state index contributed by atoms with van der Waals surface area (Å²) in [5.74, 6) is 0. The van der Waals surface area contributed by atoms with Gasteiger partial charge in [-0.2, -0.15) is 0 Å². The Balaban J connectivity index is 1.87. The van der Waals surface area contributed by atoms with Gasteiger partial charge in [0.15, 0.2) is 0 Å². The van der Waals surface area contributed by atoms with Crippen LogP contribution in [0, 0.1) is 0 Å².